The predicted octanol–water partition coefficient (Wildman–Crippen LogP) is 18.4. The fourth-order valence-corrected chi connectivity index (χ4v) is 13.0. The average molecular weight is 852 g/mol. The molecule has 0 amide bonds. The molecule has 12 aromatic rings. The van der Waals surface area contributed by atoms with E-state index in [1.807, 2.05) is 22.7 Å². The smallest absolute Gasteiger partial charge is 0.0546 e. The molecule has 0 saturated heterocycles. The summed E-state index contributed by atoms with van der Waals surface area (Å²) in [6.07, 6.45) is 0. The van der Waals surface area contributed by atoms with Gasteiger partial charge in [-0.3, -0.25) is 0 Å². The second kappa shape index (κ2) is 14.4. The van der Waals surface area contributed by atoms with Gasteiger partial charge in [-0.1, -0.05) is 172 Å². The van der Waals surface area contributed by atoms with E-state index in [0.29, 0.717) is 0 Å². The lowest BCUT2D eigenvalue weighted by molar-refractivity contribution is 0.662. The van der Waals surface area contributed by atoms with Gasteiger partial charge in [0.05, 0.1) is 5.69 Å². The van der Waals surface area contributed by atoms with E-state index in [4.69, 9.17) is 0 Å². The van der Waals surface area contributed by atoms with Gasteiger partial charge >= 0.3 is 0 Å². The number of rotatable bonds is 6. The lowest BCUT2D eigenvalue weighted by atomic mass is 9.77. The van der Waals surface area contributed by atoms with E-state index in [1.165, 1.54) is 107 Å². The molecule has 0 atom stereocenters. The van der Waals surface area contributed by atoms with Crippen molar-refractivity contribution in [1.82, 2.24) is 0 Å². The molecule has 0 fully saturated rings. The summed E-state index contributed by atoms with van der Waals surface area (Å²) in [7, 11) is 0. The van der Waals surface area contributed by atoms with Crippen LogP contribution in [0.25, 0.3) is 95.6 Å². The molecular formula is C61H41NS2. The monoisotopic (exact) mass is 851 g/mol. The highest BCUT2D eigenvalue weighted by Crippen LogP contribution is 2.56. The van der Waals surface area contributed by atoms with E-state index in [1.54, 1.807) is 0 Å². The quantitative estimate of drug-likeness (QED) is 0.161. The van der Waals surface area contributed by atoms with E-state index in [-0.39, 0.29) is 5.41 Å². The van der Waals surface area contributed by atoms with Crippen LogP contribution in [-0.4, -0.2) is 0 Å². The summed E-state index contributed by atoms with van der Waals surface area (Å²) in [5.41, 5.74) is 16.0. The van der Waals surface area contributed by atoms with Crippen molar-refractivity contribution in [3.8, 4) is 44.5 Å². The largest absolute Gasteiger partial charge is 0.310 e. The highest BCUT2D eigenvalue weighted by Gasteiger charge is 2.38. The van der Waals surface area contributed by atoms with Crippen molar-refractivity contribution < 1.29 is 0 Å². The zero-order chi connectivity index (χ0) is 42.5. The second-order valence-electron chi connectivity index (χ2n) is 17.6. The SMILES string of the molecule is CC1(C)c2ccccc2-c2cccc(-c3cccc(N(c4cccc(-c5ccc6ccccc6c5)c4)c4ccc5sc6ccccc6c5c4)c3-c3cccc4c3sc3ccccc34)c21. The minimum absolute atomic E-state index is 0.196. The number of benzene rings is 10. The molecule has 0 N–H and O–H groups in total. The molecule has 13 rings (SSSR count). The molecule has 1 aliphatic carbocycles. The Morgan fingerprint density at radius 1 is 0.375 bits per heavy atom. The summed E-state index contributed by atoms with van der Waals surface area (Å²) in [5, 5.41) is 7.65. The van der Waals surface area contributed by atoms with Crippen LogP contribution in [0.5, 0.6) is 0 Å². The van der Waals surface area contributed by atoms with Gasteiger partial charge in [-0.2, -0.15) is 0 Å². The summed E-state index contributed by atoms with van der Waals surface area (Å²) in [6.45, 7) is 4.81. The fraction of sp³-hybridized carbons (Fsp3) is 0.0492. The Bertz CT molecular complexity index is 3840. The first kappa shape index (κ1) is 37.3. The van der Waals surface area contributed by atoms with Crippen LogP contribution >= 0.6 is 22.7 Å². The molecule has 1 aliphatic rings. The maximum absolute atomic E-state index is 2.53. The van der Waals surface area contributed by atoms with Crippen molar-refractivity contribution in [3.63, 3.8) is 0 Å². The van der Waals surface area contributed by atoms with Crippen LogP contribution in [0.15, 0.2) is 212 Å². The number of nitrogens with zero attached hydrogens (tertiary/aromatic N) is 1. The van der Waals surface area contributed by atoms with Crippen LogP contribution in [0.1, 0.15) is 25.0 Å². The first-order valence-electron chi connectivity index (χ1n) is 22.1. The van der Waals surface area contributed by atoms with Gasteiger partial charge in [-0.05, 0) is 110 Å². The van der Waals surface area contributed by atoms with Crippen LogP contribution in [0.4, 0.5) is 17.1 Å². The van der Waals surface area contributed by atoms with Crippen LogP contribution in [0.2, 0.25) is 0 Å². The van der Waals surface area contributed by atoms with Gasteiger partial charge in [0.15, 0.2) is 0 Å². The van der Waals surface area contributed by atoms with Gasteiger partial charge in [0.1, 0.15) is 0 Å². The second-order valence-corrected chi connectivity index (χ2v) is 19.7. The summed E-state index contributed by atoms with van der Waals surface area (Å²) >= 11 is 3.77. The molecule has 0 unspecified atom stereocenters. The van der Waals surface area contributed by atoms with Gasteiger partial charge in [0.2, 0.25) is 0 Å². The maximum atomic E-state index is 2.53. The summed E-state index contributed by atoms with van der Waals surface area (Å²) in [5.74, 6) is 0. The Morgan fingerprint density at radius 2 is 0.969 bits per heavy atom. The Hall–Kier alpha value is -7.30. The first-order chi connectivity index (χ1) is 31.5. The summed E-state index contributed by atoms with van der Waals surface area (Å²) < 4.78 is 5.20. The number of anilines is 3. The van der Waals surface area contributed by atoms with Crippen molar-refractivity contribution in [2.45, 2.75) is 19.3 Å². The maximum Gasteiger partial charge on any atom is 0.0546 e. The third-order valence-corrected chi connectivity index (χ3v) is 16.0. The number of thiophene rings is 2. The minimum Gasteiger partial charge on any atom is -0.310 e. The molecule has 0 radical (unpaired) electrons. The van der Waals surface area contributed by atoms with Crippen molar-refractivity contribution in [3.05, 3.63) is 223 Å². The highest BCUT2D eigenvalue weighted by atomic mass is 32.1. The van der Waals surface area contributed by atoms with E-state index in [2.05, 4.69) is 231 Å². The Labute approximate surface area is 380 Å². The average Bonchev–Trinajstić information content (AvgIpc) is 3.99. The Morgan fingerprint density at radius 3 is 1.84 bits per heavy atom. The van der Waals surface area contributed by atoms with Gasteiger partial charge < -0.3 is 4.90 Å². The predicted molar refractivity (Wildman–Crippen MR) is 278 cm³/mol. The summed E-state index contributed by atoms with van der Waals surface area (Å²) in [6, 6.07) is 79.3. The topological polar surface area (TPSA) is 3.24 Å². The number of fused-ring (bicyclic) bond motifs is 10. The molecule has 0 saturated carbocycles. The Balaban J connectivity index is 1.13. The molecule has 0 bridgehead atoms. The lowest BCUT2D eigenvalue weighted by Gasteiger charge is -2.31. The fourth-order valence-electron chi connectivity index (χ4n) is 10.7. The molecule has 3 heteroatoms. The van der Waals surface area contributed by atoms with E-state index in [9.17, 15) is 0 Å². The standard InChI is InChI=1S/C61H41NS2/c1-61(2)53-27-8-5-19-44(53)48-23-12-24-49(59(48)61)47-22-14-28-54(58(47)51-26-13-25-50-45-20-6-10-30-56(45)64-60(50)51)62(43-33-34-57-52(37-43)46-21-7-9-29-55(46)63-57)42-18-11-17-40(36-42)41-32-31-38-15-3-4-16-39(38)35-41/h3-37H,1-2H3. The van der Waals surface area contributed by atoms with E-state index >= 15 is 0 Å². The van der Waals surface area contributed by atoms with Gasteiger partial charge in [0.25, 0.3) is 0 Å². The molecular weight excluding hydrogens is 811 g/mol. The summed E-state index contributed by atoms with van der Waals surface area (Å²) in [4.78, 5) is 2.53. The van der Waals surface area contributed by atoms with Crippen LogP contribution < -0.4 is 4.90 Å². The number of hydrogen-bond acceptors (Lipinski definition) is 3. The van der Waals surface area contributed by atoms with Crippen molar-refractivity contribution in [2.24, 2.45) is 0 Å². The third kappa shape index (κ3) is 5.68. The van der Waals surface area contributed by atoms with Gasteiger partial charge in [-0.15, -0.1) is 22.7 Å². The molecule has 0 spiro atoms. The highest BCUT2D eigenvalue weighted by molar-refractivity contribution is 7.26. The van der Waals surface area contributed by atoms with Crippen LogP contribution in [0, 0.1) is 0 Å². The molecule has 64 heavy (non-hydrogen) atoms. The zero-order valence-corrected chi connectivity index (χ0v) is 37.1. The van der Waals surface area contributed by atoms with E-state index < -0.39 is 0 Å². The first-order valence-corrected chi connectivity index (χ1v) is 23.7. The lowest BCUT2D eigenvalue weighted by Crippen LogP contribution is -2.16. The molecule has 1 nitrogen and oxygen atoms in total. The van der Waals surface area contributed by atoms with Crippen molar-refractivity contribution in [1.29, 1.82) is 0 Å². The van der Waals surface area contributed by atoms with Crippen LogP contribution in [0.3, 0.4) is 0 Å². The Kier molecular flexibility index (Phi) is 8.37. The molecule has 2 heterocycles. The zero-order valence-electron chi connectivity index (χ0n) is 35.5. The molecule has 10 aromatic carbocycles. The van der Waals surface area contributed by atoms with E-state index in [0.717, 1.165) is 17.1 Å². The van der Waals surface area contributed by atoms with Crippen LogP contribution in [-0.2, 0) is 5.41 Å². The molecule has 0 aliphatic heterocycles. The molecule has 302 valence electrons. The van der Waals surface area contributed by atoms with Gasteiger partial charge in [0, 0.05) is 68.3 Å². The van der Waals surface area contributed by atoms with Gasteiger partial charge in [-0.25, -0.2) is 0 Å². The minimum atomic E-state index is -0.196. The normalized spacial score (nSPS) is 13.0. The third-order valence-electron chi connectivity index (χ3n) is 13.6. The van der Waals surface area contributed by atoms with Crippen molar-refractivity contribution in [2.75, 3.05) is 4.90 Å². The number of hydrogen-bond donors (Lipinski definition) is 0. The van der Waals surface area contributed by atoms with Crippen molar-refractivity contribution >= 4 is 90.9 Å². The molecule has 2 aromatic heterocycles.